The molecule has 25 heavy (non-hydrogen) atoms. The molecule has 0 unspecified atom stereocenters. The summed E-state index contributed by atoms with van der Waals surface area (Å²) in [6, 6.07) is 8.61. The van der Waals surface area contributed by atoms with Gasteiger partial charge < -0.3 is 9.88 Å². The first kappa shape index (κ1) is 17.2. The van der Waals surface area contributed by atoms with Crippen molar-refractivity contribution in [1.82, 2.24) is 14.9 Å². The van der Waals surface area contributed by atoms with Crippen LogP contribution in [0.2, 0.25) is 0 Å². The zero-order valence-electron chi connectivity index (χ0n) is 13.2. The van der Waals surface area contributed by atoms with Gasteiger partial charge in [-0.25, -0.2) is 4.98 Å². The number of nitrogens with one attached hydrogen (secondary N) is 1. The molecule has 0 atom stereocenters. The Morgan fingerprint density at radius 3 is 2.64 bits per heavy atom. The zero-order chi connectivity index (χ0) is 18.0. The maximum Gasteiger partial charge on any atom is 0.416 e. The van der Waals surface area contributed by atoms with Crippen LogP contribution in [-0.4, -0.2) is 15.5 Å². The summed E-state index contributed by atoms with van der Waals surface area (Å²) in [5.41, 5.74) is 0.231. The lowest BCUT2D eigenvalue weighted by Crippen LogP contribution is -2.22. The number of carbonyl (C=O) groups excluding carboxylic acids is 1. The third kappa shape index (κ3) is 3.90. The average molecular weight is 365 g/mol. The second kappa shape index (κ2) is 6.72. The van der Waals surface area contributed by atoms with Crippen LogP contribution in [0.5, 0.6) is 0 Å². The number of hydrogen-bond donors (Lipinski definition) is 1. The number of hydrogen-bond acceptors (Lipinski definition) is 3. The molecule has 0 saturated heterocycles. The highest BCUT2D eigenvalue weighted by molar-refractivity contribution is 7.16. The number of amides is 1. The van der Waals surface area contributed by atoms with E-state index in [9.17, 15) is 18.0 Å². The first-order valence-electron chi connectivity index (χ1n) is 7.40. The van der Waals surface area contributed by atoms with Crippen molar-refractivity contribution < 1.29 is 18.0 Å². The summed E-state index contributed by atoms with van der Waals surface area (Å²) in [5.74, 6) is -0.356. The van der Waals surface area contributed by atoms with E-state index in [0.717, 1.165) is 12.1 Å². The van der Waals surface area contributed by atoms with Crippen LogP contribution in [0.15, 0.2) is 48.8 Å². The number of benzene rings is 1. The lowest BCUT2D eigenvalue weighted by molar-refractivity contribution is -0.137. The summed E-state index contributed by atoms with van der Waals surface area (Å²) in [5, 5.41) is 3.31. The highest BCUT2D eigenvalue weighted by Gasteiger charge is 2.30. The van der Waals surface area contributed by atoms with E-state index in [4.69, 9.17) is 0 Å². The topological polar surface area (TPSA) is 46.9 Å². The van der Waals surface area contributed by atoms with Crippen molar-refractivity contribution in [1.29, 1.82) is 0 Å². The Morgan fingerprint density at radius 2 is 1.96 bits per heavy atom. The van der Waals surface area contributed by atoms with Crippen molar-refractivity contribution in [2.75, 3.05) is 0 Å². The number of alkyl halides is 3. The Labute approximate surface area is 145 Å². The van der Waals surface area contributed by atoms with Crippen LogP contribution in [0.1, 0.15) is 26.5 Å². The van der Waals surface area contributed by atoms with Crippen molar-refractivity contribution in [2.45, 2.75) is 19.6 Å². The van der Waals surface area contributed by atoms with Gasteiger partial charge in [0.25, 0.3) is 5.91 Å². The molecule has 0 saturated carbocycles. The minimum Gasteiger partial charge on any atom is -0.347 e. The van der Waals surface area contributed by atoms with Crippen molar-refractivity contribution in [2.24, 2.45) is 0 Å². The molecular formula is C17H14F3N3OS. The molecule has 4 nitrogen and oxygen atoms in total. The molecule has 130 valence electrons. The number of rotatable bonds is 4. The molecule has 0 aliphatic carbocycles. The predicted molar refractivity (Wildman–Crippen MR) is 88.8 cm³/mol. The number of aromatic nitrogens is 2. The molecule has 1 amide bonds. The highest BCUT2D eigenvalue weighted by Crippen LogP contribution is 2.29. The van der Waals surface area contributed by atoms with E-state index in [1.165, 1.54) is 17.4 Å². The third-order valence-electron chi connectivity index (χ3n) is 3.52. The minimum absolute atomic E-state index is 0.0128. The van der Waals surface area contributed by atoms with Gasteiger partial charge in [-0.15, -0.1) is 0 Å². The fourth-order valence-corrected chi connectivity index (χ4v) is 3.24. The molecule has 0 radical (unpaired) electrons. The fraction of sp³-hybridized carbons (Fsp3) is 0.176. The maximum atomic E-state index is 12.7. The van der Waals surface area contributed by atoms with Gasteiger partial charge in [0.05, 0.1) is 11.3 Å². The lowest BCUT2D eigenvalue weighted by Gasteiger charge is -2.09. The van der Waals surface area contributed by atoms with Crippen molar-refractivity contribution in [3.05, 3.63) is 70.5 Å². The van der Waals surface area contributed by atoms with Crippen LogP contribution in [0.25, 0.3) is 5.13 Å². The van der Waals surface area contributed by atoms with Crippen LogP contribution in [0, 0.1) is 6.92 Å². The Morgan fingerprint density at radius 1 is 1.24 bits per heavy atom. The SMILES string of the molecule is Cc1nc(-n2cccc2)sc1C(=O)NCc1cccc(C(F)(F)F)c1. The molecule has 3 rings (SSSR count). The van der Waals surface area contributed by atoms with Gasteiger partial charge in [-0.05, 0) is 36.8 Å². The van der Waals surface area contributed by atoms with Crippen molar-refractivity contribution in [3.8, 4) is 5.13 Å². The second-order valence-electron chi connectivity index (χ2n) is 5.38. The van der Waals surface area contributed by atoms with E-state index in [1.54, 1.807) is 17.6 Å². The molecule has 2 heterocycles. The van der Waals surface area contributed by atoms with Crippen LogP contribution >= 0.6 is 11.3 Å². The summed E-state index contributed by atoms with van der Waals surface area (Å²) in [6.07, 6.45) is -0.759. The lowest BCUT2D eigenvalue weighted by atomic mass is 10.1. The zero-order valence-corrected chi connectivity index (χ0v) is 14.0. The first-order chi connectivity index (χ1) is 11.8. The predicted octanol–water partition coefficient (Wildman–Crippen LogP) is 4.19. The molecule has 1 aromatic carbocycles. The van der Waals surface area contributed by atoms with Gasteiger partial charge >= 0.3 is 6.18 Å². The van der Waals surface area contributed by atoms with Crippen LogP contribution in [-0.2, 0) is 12.7 Å². The standard InChI is InChI=1S/C17H14F3N3OS/c1-11-14(25-16(22-11)23-7-2-3-8-23)15(24)21-10-12-5-4-6-13(9-12)17(18,19)20/h2-9H,10H2,1H3,(H,21,24). The van der Waals surface area contributed by atoms with Gasteiger partial charge in [0.2, 0.25) is 0 Å². The molecule has 0 aliphatic heterocycles. The average Bonchev–Trinajstić information content (AvgIpc) is 3.21. The fourth-order valence-electron chi connectivity index (χ4n) is 2.29. The third-order valence-corrected chi connectivity index (χ3v) is 4.69. The number of carbonyl (C=O) groups is 1. The van der Waals surface area contributed by atoms with Crippen LogP contribution < -0.4 is 5.32 Å². The number of aryl methyl sites for hydroxylation is 1. The van der Waals surface area contributed by atoms with Crippen LogP contribution in [0.4, 0.5) is 13.2 Å². The Balaban J connectivity index is 1.71. The van der Waals surface area contributed by atoms with E-state index in [0.29, 0.717) is 21.3 Å². The number of nitrogens with zero attached hydrogens (tertiary/aromatic N) is 2. The first-order valence-corrected chi connectivity index (χ1v) is 8.21. The van der Waals surface area contributed by atoms with E-state index in [-0.39, 0.29) is 12.5 Å². The number of halogens is 3. The Hall–Kier alpha value is -2.61. The molecule has 2 aromatic heterocycles. The Bertz CT molecular complexity index is 885. The number of thiazole rings is 1. The van der Waals surface area contributed by atoms with Gasteiger partial charge in [0, 0.05) is 18.9 Å². The van der Waals surface area contributed by atoms with E-state index >= 15 is 0 Å². The van der Waals surface area contributed by atoms with Gasteiger partial charge in [-0.1, -0.05) is 23.5 Å². The minimum atomic E-state index is -4.40. The normalized spacial score (nSPS) is 11.5. The molecule has 8 heteroatoms. The maximum absolute atomic E-state index is 12.7. The van der Waals surface area contributed by atoms with Crippen molar-refractivity contribution in [3.63, 3.8) is 0 Å². The van der Waals surface area contributed by atoms with Crippen LogP contribution in [0.3, 0.4) is 0 Å². The molecular weight excluding hydrogens is 351 g/mol. The summed E-state index contributed by atoms with van der Waals surface area (Å²) >= 11 is 1.23. The second-order valence-corrected chi connectivity index (χ2v) is 6.36. The molecule has 1 N–H and O–H groups in total. The molecule has 0 bridgehead atoms. The van der Waals surface area contributed by atoms with Gasteiger partial charge in [-0.2, -0.15) is 13.2 Å². The molecule has 3 aromatic rings. The molecule has 0 spiro atoms. The van der Waals surface area contributed by atoms with Gasteiger partial charge in [-0.3, -0.25) is 4.79 Å². The molecule has 0 fully saturated rings. The largest absolute Gasteiger partial charge is 0.416 e. The smallest absolute Gasteiger partial charge is 0.347 e. The summed E-state index contributed by atoms with van der Waals surface area (Å²) < 4.78 is 40.0. The summed E-state index contributed by atoms with van der Waals surface area (Å²) in [6.45, 7) is 1.74. The van der Waals surface area contributed by atoms with Crippen molar-refractivity contribution >= 4 is 17.2 Å². The summed E-state index contributed by atoms with van der Waals surface area (Å²) in [4.78, 5) is 17.1. The summed E-state index contributed by atoms with van der Waals surface area (Å²) in [7, 11) is 0. The van der Waals surface area contributed by atoms with Gasteiger partial charge in [0.1, 0.15) is 4.88 Å². The quantitative estimate of drug-likeness (QED) is 0.754. The van der Waals surface area contributed by atoms with Gasteiger partial charge in [0.15, 0.2) is 5.13 Å². The molecule has 0 aliphatic rings. The van der Waals surface area contributed by atoms with E-state index in [2.05, 4.69) is 10.3 Å². The Kier molecular flexibility index (Phi) is 4.63. The highest BCUT2D eigenvalue weighted by atomic mass is 32.1. The monoisotopic (exact) mass is 365 g/mol. The van der Waals surface area contributed by atoms with E-state index in [1.807, 2.05) is 24.5 Å². The van der Waals surface area contributed by atoms with E-state index < -0.39 is 11.7 Å².